The van der Waals surface area contributed by atoms with Crippen molar-refractivity contribution in [3.05, 3.63) is 40.5 Å². The molecule has 3 aromatic rings. The summed E-state index contributed by atoms with van der Waals surface area (Å²) in [5.41, 5.74) is 8.92. The molecule has 2 heterocycles. The Kier molecular flexibility index (Phi) is 3.39. The fraction of sp³-hybridized carbons (Fsp3) is 0.143. The summed E-state index contributed by atoms with van der Waals surface area (Å²) in [5, 5.41) is 9.89. The number of nitrogen functional groups attached to an aromatic ring is 1. The van der Waals surface area contributed by atoms with Gasteiger partial charge in [-0.25, -0.2) is 0 Å². The maximum atomic E-state index is 6.31. The molecule has 5 nitrogen and oxygen atoms in total. The molecule has 0 atom stereocenters. The Hall–Kier alpha value is -1.98. The number of anilines is 1. The van der Waals surface area contributed by atoms with E-state index in [4.69, 9.17) is 28.9 Å². The number of nitrogens with zero attached hydrogens (tertiary/aromatic N) is 4. The van der Waals surface area contributed by atoms with Crippen molar-refractivity contribution in [3.8, 4) is 22.5 Å². The predicted molar refractivity (Wildman–Crippen MR) is 85.3 cm³/mol. The van der Waals surface area contributed by atoms with Gasteiger partial charge in [0.05, 0.1) is 15.6 Å². The van der Waals surface area contributed by atoms with Gasteiger partial charge in [0.15, 0.2) is 0 Å². The third-order valence-corrected chi connectivity index (χ3v) is 3.89. The second-order valence-corrected chi connectivity index (χ2v) is 5.52. The van der Waals surface area contributed by atoms with Crippen LogP contribution in [0.2, 0.25) is 10.0 Å². The van der Waals surface area contributed by atoms with E-state index in [2.05, 4.69) is 10.2 Å². The molecular weight excluding hydrogens is 309 g/mol. The molecule has 0 spiro atoms. The minimum atomic E-state index is 0.491. The summed E-state index contributed by atoms with van der Waals surface area (Å²) in [6, 6.07) is 7.21. The number of aromatic nitrogens is 4. The Morgan fingerprint density at radius 1 is 1.00 bits per heavy atom. The topological polar surface area (TPSA) is 61.7 Å². The van der Waals surface area contributed by atoms with Gasteiger partial charge in [-0.3, -0.25) is 9.36 Å². The highest BCUT2D eigenvalue weighted by Crippen LogP contribution is 2.42. The van der Waals surface area contributed by atoms with Crippen LogP contribution in [-0.2, 0) is 14.1 Å². The van der Waals surface area contributed by atoms with Gasteiger partial charge in [0, 0.05) is 25.9 Å². The van der Waals surface area contributed by atoms with Crippen LogP contribution in [0.1, 0.15) is 0 Å². The van der Waals surface area contributed by atoms with E-state index in [0.29, 0.717) is 32.7 Å². The molecule has 0 unspecified atom stereocenters. The van der Waals surface area contributed by atoms with Crippen LogP contribution >= 0.6 is 23.2 Å². The van der Waals surface area contributed by atoms with Crippen molar-refractivity contribution in [1.29, 1.82) is 0 Å². The Balaban J connectivity index is 2.32. The van der Waals surface area contributed by atoms with Crippen molar-refractivity contribution >= 4 is 29.0 Å². The van der Waals surface area contributed by atoms with Gasteiger partial charge >= 0.3 is 0 Å². The average Bonchev–Trinajstić information content (AvgIpc) is 2.97. The van der Waals surface area contributed by atoms with E-state index in [-0.39, 0.29) is 0 Å². The van der Waals surface area contributed by atoms with Crippen molar-refractivity contribution in [2.24, 2.45) is 14.1 Å². The SMILES string of the molecule is Cn1ccc(-c2nn(C)c(N)c2-c2c(Cl)cccc2Cl)n1. The smallest absolute Gasteiger partial charge is 0.130 e. The van der Waals surface area contributed by atoms with Crippen LogP contribution in [0.3, 0.4) is 0 Å². The number of halogens is 2. The Morgan fingerprint density at radius 2 is 1.67 bits per heavy atom. The molecule has 0 amide bonds. The van der Waals surface area contributed by atoms with Gasteiger partial charge in [-0.05, 0) is 18.2 Å². The summed E-state index contributed by atoms with van der Waals surface area (Å²) >= 11 is 12.6. The molecule has 2 N–H and O–H groups in total. The first-order valence-corrected chi connectivity index (χ1v) is 7.01. The Labute approximate surface area is 131 Å². The monoisotopic (exact) mass is 321 g/mol. The highest BCUT2D eigenvalue weighted by atomic mass is 35.5. The van der Waals surface area contributed by atoms with Crippen molar-refractivity contribution in [1.82, 2.24) is 19.6 Å². The van der Waals surface area contributed by atoms with E-state index in [9.17, 15) is 0 Å². The number of aryl methyl sites for hydroxylation is 2. The van der Waals surface area contributed by atoms with E-state index >= 15 is 0 Å². The standard InChI is InChI=1S/C14H13Cl2N5/c1-20-7-6-10(18-20)13-12(14(17)21(2)19-13)11-8(15)4-3-5-9(11)16/h3-7H,17H2,1-2H3. The molecule has 0 aliphatic heterocycles. The van der Waals surface area contributed by atoms with E-state index in [1.807, 2.05) is 19.3 Å². The summed E-state index contributed by atoms with van der Waals surface area (Å²) in [6.07, 6.45) is 1.85. The average molecular weight is 322 g/mol. The van der Waals surface area contributed by atoms with E-state index in [0.717, 1.165) is 5.69 Å². The second kappa shape index (κ2) is 5.09. The normalized spacial score (nSPS) is 11.0. The summed E-state index contributed by atoms with van der Waals surface area (Å²) in [5.74, 6) is 0.491. The third kappa shape index (κ3) is 2.28. The van der Waals surface area contributed by atoms with Crippen LogP contribution < -0.4 is 5.73 Å². The van der Waals surface area contributed by atoms with Gasteiger partial charge in [0.1, 0.15) is 17.2 Å². The molecule has 0 radical (unpaired) electrons. The summed E-state index contributed by atoms with van der Waals surface area (Å²) in [4.78, 5) is 0. The van der Waals surface area contributed by atoms with Crippen LogP contribution in [0.5, 0.6) is 0 Å². The molecule has 2 aromatic heterocycles. The third-order valence-electron chi connectivity index (χ3n) is 3.26. The first kappa shape index (κ1) is 14.0. The van der Waals surface area contributed by atoms with Crippen LogP contribution in [-0.4, -0.2) is 19.6 Å². The Bertz CT molecular complexity index is 799. The molecule has 0 aliphatic rings. The zero-order chi connectivity index (χ0) is 15.1. The zero-order valence-corrected chi connectivity index (χ0v) is 13.0. The molecule has 0 fully saturated rings. The molecule has 7 heteroatoms. The highest BCUT2D eigenvalue weighted by Gasteiger charge is 2.22. The van der Waals surface area contributed by atoms with Gasteiger partial charge < -0.3 is 5.73 Å². The lowest BCUT2D eigenvalue weighted by Gasteiger charge is -2.07. The van der Waals surface area contributed by atoms with E-state index in [1.165, 1.54) is 0 Å². The quantitative estimate of drug-likeness (QED) is 0.787. The molecule has 21 heavy (non-hydrogen) atoms. The number of hydrogen-bond donors (Lipinski definition) is 1. The predicted octanol–water partition coefficient (Wildman–Crippen LogP) is 3.38. The van der Waals surface area contributed by atoms with E-state index in [1.54, 1.807) is 34.6 Å². The lowest BCUT2D eigenvalue weighted by atomic mass is 10.0. The van der Waals surface area contributed by atoms with Crippen LogP contribution in [0.15, 0.2) is 30.5 Å². The number of nitrogens with two attached hydrogens (primary N) is 1. The van der Waals surface area contributed by atoms with Crippen molar-refractivity contribution in [2.75, 3.05) is 5.73 Å². The molecular formula is C14H13Cl2N5. The van der Waals surface area contributed by atoms with Crippen LogP contribution in [0.25, 0.3) is 22.5 Å². The van der Waals surface area contributed by atoms with E-state index < -0.39 is 0 Å². The van der Waals surface area contributed by atoms with Crippen molar-refractivity contribution < 1.29 is 0 Å². The summed E-state index contributed by atoms with van der Waals surface area (Å²) < 4.78 is 3.30. The fourth-order valence-electron chi connectivity index (χ4n) is 2.24. The summed E-state index contributed by atoms with van der Waals surface area (Å²) in [6.45, 7) is 0. The molecule has 1 aromatic carbocycles. The molecule has 3 rings (SSSR count). The molecule has 0 bridgehead atoms. The molecule has 0 saturated heterocycles. The first-order chi connectivity index (χ1) is 9.99. The van der Waals surface area contributed by atoms with Gasteiger partial charge in [-0.1, -0.05) is 29.3 Å². The number of rotatable bonds is 2. The van der Waals surface area contributed by atoms with Gasteiger partial charge in [-0.15, -0.1) is 0 Å². The molecule has 108 valence electrons. The minimum Gasteiger partial charge on any atom is -0.383 e. The Morgan fingerprint density at radius 3 is 2.24 bits per heavy atom. The first-order valence-electron chi connectivity index (χ1n) is 6.26. The van der Waals surface area contributed by atoms with Crippen LogP contribution in [0.4, 0.5) is 5.82 Å². The minimum absolute atomic E-state index is 0.491. The van der Waals surface area contributed by atoms with Crippen LogP contribution in [0, 0.1) is 0 Å². The number of benzene rings is 1. The van der Waals surface area contributed by atoms with Gasteiger partial charge in [0.2, 0.25) is 0 Å². The lowest BCUT2D eigenvalue weighted by Crippen LogP contribution is -1.98. The fourth-order valence-corrected chi connectivity index (χ4v) is 2.83. The molecule has 0 aliphatic carbocycles. The van der Waals surface area contributed by atoms with Crippen molar-refractivity contribution in [2.45, 2.75) is 0 Å². The van der Waals surface area contributed by atoms with Gasteiger partial charge in [-0.2, -0.15) is 10.2 Å². The largest absolute Gasteiger partial charge is 0.383 e. The second-order valence-electron chi connectivity index (χ2n) is 4.70. The van der Waals surface area contributed by atoms with Gasteiger partial charge in [0.25, 0.3) is 0 Å². The zero-order valence-electron chi connectivity index (χ0n) is 11.5. The lowest BCUT2D eigenvalue weighted by molar-refractivity contribution is 0.760. The highest BCUT2D eigenvalue weighted by molar-refractivity contribution is 6.39. The number of hydrogen-bond acceptors (Lipinski definition) is 3. The maximum Gasteiger partial charge on any atom is 0.130 e. The maximum absolute atomic E-state index is 6.31. The summed E-state index contributed by atoms with van der Waals surface area (Å²) in [7, 11) is 3.62. The molecule has 0 saturated carbocycles. The van der Waals surface area contributed by atoms with Crippen molar-refractivity contribution in [3.63, 3.8) is 0 Å².